The van der Waals surface area contributed by atoms with E-state index in [4.69, 9.17) is 4.74 Å². The monoisotopic (exact) mass is 443 g/mol. The van der Waals surface area contributed by atoms with E-state index in [9.17, 15) is 14.7 Å². The van der Waals surface area contributed by atoms with Crippen molar-refractivity contribution in [2.45, 2.75) is 65.0 Å². The van der Waals surface area contributed by atoms with Crippen LogP contribution in [-0.2, 0) is 4.79 Å². The van der Waals surface area contributed by atoms with Gasteiger partial charge in [0, 0.05) is 31.6 Å². The maximum Gasteiger partial charge on any atom is 0.259 e. The van der Waals surface area contributed by atoms with Gasteiger partial charge in [0.25, 0.3) is 5.91 Å². The van der Waals surface area contributed by atoms with Gasteiger partial charge >= 0.3 is 0 Å². The maximum atomic E-state index is 13.3. The molecule has 1 aliphatic carbocycles. The molecular formula is C25H37N3O4. The molecule has 2 aliphatic rings. The number of amides is 2. The van der Waals surface area contributed by atoms with E-state index in [1.807, 2.05) is 40.0 Å². The quantitative estimate of drug-likeness (QED) is 0.729. The van der Waals surface area contributed by atoms with Crippen LogP contribution in [0.3, 0.4) is 0 Å². The first-order valence-corrected chi connectivity index (χ1v) is 11.8. The van der Waals surface area contributed by atoms with Crippen LogP contribution in [-0.4, -0.2) is 70.6 Å². The molecule has 0 bridgehead atoms. The van der Waals surface area contributed by atoms with Gasteiger partial charge in [-0.3, -0.25) is 9.59 Å². The molecule has 176 valence electrons. The average molecular weight is 444 g/mol. The molecule has 2 heterocycles. The third-order valence-corrected chi connectivity index (χ3v) is 6.69. The zero-order valence-electron chi connectivity index (χ0n) is 19.8. The fourth-order valence-corrected chi connectivity index (χ4v) is 4.64. The van der Waals surface area contributed by atoms with E-state index in [1.54, 1.807) is 22.1 Å². The molecule has 0 spiro atoms. The zero-order valence-corrected chi connectivity index (χ0v) is 19.8. The lowest BCUT2D eigenvalue weighted by Crippen LogP contribution is -2.51. The highest BCUT2D eigenvalue weighted by Gasteiger charge is 2.35. The van der Waals surface area contributed by atoms with Crippen molar-refractivity contribution in [2.75, 3.05) is 26.7 Å². The molecule has 1 aliphatic heterocycles. The third kappa shape index (κ3) is 5.49. The molecule has 32 heavy (non-hydrogen) atoms. The number of pyridine rings is 1. The number of rotatable bonds is 6. The number of aliphatic hydroxyl groups excluding tert-OH is 1. The van der Waals surface area contributed by atoms with Crippen LogP contribution in [0.1, 0.15) is 68.8 Å². The van der Waals surface area contributed by atoms with Crippen molar-refractivity contribution in [3.8, 4) is 5.88 Å². The summed E-state index contributed by atoms with van der Waals surface area (Å²) in [5.41, 5.74) is 1.20. The van der Waals surface area contributed by atoms with E-state index in [0.717, 1.165) is 31.2 Å². The minimum atomic E-state index is -0.330. The van der Waals surface area contributed by atoms with Gasteiger partial charge in [-0.05, 0) is 38.3 Å². The summed E-state index contributed by atoms with van der Waals surface area (Å²) in [5.74, 6) is 0.320. The first-order chi connectivity index (χ1) is 15.3. The molecule has 2 amide bonds. The Morgan fingerprint density at radius 1 is 1.38 bits per heavy atom. The second-order valence-electron chi connectivity index (χ2n) is 9.30. The molecular weight excluding hydrogens is 406 g/mol. The maximum absolute atomic E-state index is 13.3. The Morgan fingerprint density at radius 2 is 2.09 bits per heavy atom. The number of nitrogens with zero attached hydrogens (tertiary/aromatic N) is 3. The Bertz CT molecular complexity index is 834. The van der Waals surface area contributed by atoms with Crippen LogP contribution >= 0.6 is 0 Å². The molecule has 0 radical (unpaired) electrons. The van der Waals surface area contributed by atoms with Crippen LogP contribution in [0.25, 0.3) is 6.08 Å². The molecule has 7 nitrogen and oxygen atoms in total. The fourth-order valence-electron chi connectivity index (χ4n) is 4.64. The summed E-state index contributed by atoms with van der Waals surface area (Å²) in [4.78, 5) is 34.3. The molecule has 1 aromatic heterocycles. The van der Waals surface area contributed by atoms with E-state index >= 15 is 0 Å². The van der Waals surface area contributed by atoms with Crippen molar-refractivity contribution >= 4 is 17.9 Å². The molecule has 7 heteroatoms. The third-order valence-electron chi connectivity index (χ3n) is 6.69. The van der Waals surface area contributed by atoms with Gasteiger partial charge in [-0.2, -0.15) is 0 Å². The molecule has 3 atom stereocenters. The standard InChI is InChI=1S/C25H37N3O4/c1-5-9-19-12-21-23(26-13-19)32-22(17(2)14-28(25(21)31)18(3)16-29)15-27(4)24(30)20-10-7-6-8-11-20/h5,9,12-13,17-18,20,22,29H,6-8,10-11,14-16H2,1-4H3/b9-5+/t17-,18+,22+/m1/s1. The van der Waals surface area contributed by atoms with Crippen LogP contribution in [0.2, 0.25) is 0 Å². The van der Waals surface area contributed by atoms with Crippen molar-refractivity contribution in [1.29, 1.82) is 0 Å². The predicted molar refractivity (Wildman–Crippen MR) is 124 cm³/mol. The van der Waals surface area contributed by atoms with Gasteiger partial charge in [0.05, 0.1) is 19.2 Å². The number of fused-ring (bicyclic) bond motifs is 1. The van der Waals surface area contributed by atoms with Gasteiger partial charge in [0.15, 0.2) is 0 Å². The Balaban J connectivity index is 1.88. The second-order valence-corrected chi connectivity index (χ2v) is 9.30. The molecule has 1 aromatic rings. The van der Waals surface area contributed by atoms with Gasteiger partial charge in [-0.15, -0.1) is 0 Å². The number of hydrogen-bond acceptors (Lipinski definition) is 5. The lowest BCUT2D eigenvalue weighted by molar-refractivity contribution is -0.136. The van der Waals surface area contributed by atoms with E-state index in [0.29, 0.717) is 18.7 Å². The number of ether oxygens (including phenoxy) is 1. The number of carbonyl (C=O) groups excluding carboxylic acids is 2. The normalized spacial score (nSPS) is 23.3. The minimum Gasteiger partial charge on any atom is -0.472 e. The zero-order chi connectivity index (χ0) is 23.3. The molecule has 0 saturated heterocycles. The van der Waals surface area contributed by atoms with Crippen molar-refractivity contribution in [2.24, 2.45) is 11.8 Å². The Labute approximate surface area is 191 Å². The van der Waals surface area contributed by atoms with Gasteiger partial charge in [-0.1, -0.05) is 38.3 Å². The van der Waals surface area contributed by atoms with Crippen LogP contribution in [0.15, 0.2) is 18.3 Å². The minimum absolute atomic E-state index is 0.0419. The second kappa shape index (κ2) is 10.9. The smallest absolute Gasteiger partial charge is 0.259 e. The molecule has 0 aromatic carbocycles. The Kier molecular flexibility index (Phi) is 8.29. The highest BCUT2D eigenvalue weighted by Crippen LogP contribution is 2.29. The molecule has 1 fully saturated rings. The summed E-state index contributed by atoms with van der Waals surface area (Å²) in [7, 11) is 1.84. The first kappa shape index (κ1) is 24.2. The van der Waals surface area contributed by atoms with Crippen molar-refractivity contribution in [3.05, 3.63) is 29.5 Å². The highest BCUT2D eigenvalue weighted by atomic mass is 16.5. The van der Waals surface area contributed by atoms with E-state index < -0.39 is 0 Å². The van der Waals surface area contributed by atoms with Crippen LogP contribution in [0, 0.1) is 11.8 Å². The molecule has 0 unspecified atom stereocenters. The number of carbonyl (C=O) groups is 2. The molecule has 1 N–H and O–H groups in total. The SMILES string of the molecule is C/C=C/c1cnc2c(c1)C(=O)N([C@@H](C)CO)C[C@@H](C)[C@H](CN(C)C(=O)C1CCCCC1)O2. The summed E-state index contributed by atoms with van der Waals surface area (Å²) in [6, 6.07) is 1.45. The lowest BCUT2D eigenvalue weighted by atomic mass is 9.88. The molecule has 3 rings (SSSR count). The average Bonchev–Trinajstić information content (AvgIpc) is 2.81. The van der Waals surface area contributed by atoms with Crippen molar-refractivity contribution < 1.29 is 19.4 Å². The number of allylic oxidation sites excluding steroid dienone is 1. The Morgan fingerprint density at radius 3 is 2.75 bits per heavy atom. The highest BCUT2D eigenvalue weighted by molar-refractivity contribution is 5.97. The van der Waals surface area contributed by atoms with Gasteiger partial charge in [-0.25, -0.2) is 4.98 Å². The van der Waals surface area contributed by atoms with Gasteiger partial charge < -0.3 is 19.6 Å². The largest absolute Gasteiger partial charge is 0.472 e. The Hall–Kier alpha value is -2.41. The van der Waals surface area contributed by atoms with Gasteiger partial charge in [0.1, 0.15) is 11.7 Å². The van der Waals surface area contributed by atoms with Crippen LogP contribution < -0.4 is 4.74 Å². The van der Waals surface area contributed by atoms with Crippen LogP contribution in [0.5, 0.6) is 5.88 Å². The first-order valence-electron chi connectivity index (χ1n) is 11.8. The van der Waals surface area contributed by atoms with Crippen LogP contribution in [0.4, 0.5) is 0 Å². The predicted octanol–water partition coefficient (Wildman–Crippen LogP) is 3.37. The number of aliphatic hydroxyl groups is 1. The molecule has 1 saturated carbocycles. The summed E-state index contributed by atoms with van der Waals surface area (Å²) in [6.45, 7) is 6.51. The van der Waals surface area contributed by atoms with Gasteiger partial charge in [0.2, 0.25) is 11.8 Å². The topological polar surface area (TPSA) is 83.0 Å². The van der Waals surface area contributed by atoms with E-state index in [1.165, 1.54) is 6.42 Å². The lowest BCUT2D eigenvalue weighted by Gasteiger charge is -2.38. The summed E-state index contributed by atoms with van der Waals surface area (Å²) in [5, 5.41) is 9.76. The van der Waals surface area contributed by atoms with Crippen molar-refractivity contribution in [1.82, 2.24) is 14.8 Å². The summed E-state index contributed by atoms with van der Waals surface area (Å²) in [6.07, 6.45) is 10.5. The number of aromatic nitrogens is 1. The summed E-state index contributed by atoms with van der Waals surface area (Å²) < 4.78 is 6.28. The van der Waals surface area contributed by atoms with E-state index in [2.05, 4.69) is 4.98 Å². The number of likely N-dealkylation sites (N-methyl/N-ethyl adjacent to an activating group) is 1. The van der Waals surface area contributed by atoms with Crippen molar-refractivity contribution in [3.63, 3.8) is 0 Å². The fraction of sp³-hybridized carbons (Fsp3) is 0.640. The van der Waals surface area contributed by atoms with E-state index in [-0.39, 0.29) is 48.3 Å². The number of hydrogen-bond donors (Lipinski definition) is 1. The summed E-state index contributed by atoms with van der Waals surface area (Å²) >= 11 is 0.